The van der Waals surface area contributed by atoms with E-state index in [1.54, 1.807) is 0 Å². The molecular formula is C21H41NO7P+. The number of carbonyl (C=O) groups is 2. The molecular weight excluding hydrogens is 409 g/mol. The van der Waals surface area contributed by atoms with E-state index in [1.165, 1.54) is 44.9 Å². The van der Waals surface area contributed by atoms with Crippen molar-refractivity contribution >= 4 is 20.0 Å². The molecule has 5 N–H and O–H groups in total. The first kappa shape index (κ1) is 28.9. The fraction of sp³-hybridized carbons (Fsp3) is 0.810. The predicted octanol–water partition coefficient (Wildman–Crippen LogP) is 4.26. The molecule has 0 saturated carbocycles. The Bertz CT molecular complexity index is 480. The molecule has 0 saturated heterocycles. The molecule has 0 spiro atoms. The summed E-state index contributed by atoms with van der Waals surface area (Å²) in [5, 5.41) is 11.2. The highest BCUT2D eigenvalue weighted by Gasteiger charge is 2.36. The lowest BCUT2D eigenvalue weighted by Crippen LogP contribution is -2.43. The fourth-order valence-electron chi connectivity index (χ4n) is 2.97. The van der Waals surface area contributed by atoms with E-state index < -0.39 is 32.7 Å². The average molecular weight is 451 g/mol. The number of hydrogen-bond acceptors (Lipinski definition) is 6. The predicted molar refractivity (Wildman–Crippen MR) is 119 cm³/mol. The van der Waals surface area contributed by atoms with Crippen molar-refractivity contribution < 1.29 is 33.9 Å². The second kappa shape index (κ2) is 18.7. The Morgan fingerprint density at radius 3 is 1.87 bits per heavy atom. The first-order chi connectivity index (χ1) is 14.3. The third kappa shape index (κ3) is 20.2. The molecule has 176 valence electrons. The molecule has 0 aliphatic carbocycles. The minimum absolute atomic E-state index is 0.194. The summed E-state index contributed by atoms with van der Waals surface area (Å²) in [4.78, 5) is 49.0. The first-order valence-electron chi connectivity index (χ1n) is 11.1. The maximum absolute atomic E-state index is 11.8. The molecule has 0 aliphatic heterocycles. The lowest BCUT2D eigenvalue weighted by Gasteiger charge is -2.13. The highest BCUT2D eigenvalue weighted by molar-refractivity contribution is 7.53. The number of hydrogen-bond donors (Lipinski definition) is 5. The van der Waals surface area contributed by atoms with Crippen LogP contribution in [0.2, 0.25) is 0 Å². The first-order valence-corrected chi connectivity index (χ1v) is 12.7. The Labute approximate surface area is 181 Å². The summed E-state index contributed by atoms with van der Waals surface area (Å²) >= 11 is 0. The normalized spacial score (nSPS) is 12.9. The zero-order valence-corrected chi connectivity index (χ0v) is 19.2. The molecule has 0 aromatic heterocycles. The van der Waals surface area contributed by atoms with Gasteiger partial charge in [-0.3, -0.25) is 4.79 Å². The zero-order valence-electron chi connectivity index (χ0n) is 18.3. The van der Waals surface area contributed by atoms with Crippen LogP contribution in [0.1, 0.15) is 96.8 Å². The topological polar surface area (TPSA) is 136 Å². The lowest BCUT2D eigenvalue weighted by molar-refractivity contribution is -0.142. The fourth-order valence-corrected chi connectivity index (χ4v) is 3.32. The summed E-state index contributed by atoms with van der Waals surface area (Å²) in [7, 11) is -4.53. The van der Waals surface area contributed by atoms with E-state index >= 15 is 0 Å². The van der Waals surface area contributed by atoms with Crippen molar-refractivity contribution in [2.75, 3.05) is 6.61 Å². The molecule has 0 radical (unpaired) electrons. The maximum atomic E-state index is 11.8. The number of aliphatic carboxylic acids is 1. The molecule has 30 heavy (non-hydrogen) atoms. The van der Waals surface area contributed by atoms with E-state index in [4.69, 9.17) is 19.8 Å². The van der Waals surface area contributed by atoms with Gasteiger partial charge < -0.3 is 10.4 Å². The standard InChI is InChI=1S/C21H40NO7P/c1-2-3-4-5-6-7-8-9-10-11-12-13-14-15-16-17-20(23)22-19(21(24)25)18-29-30(26,27)28/h9-10,19,26-28H,2-8,11-18H2,1H3,(H-,22,23,24,25)/p+1/b10-9-/t19-/m0/s1. The minimum Gasteiger partial charge on any atom is -0.480 e. The number of nitrogens with one attached hydrogen (secondary N) is 1. The second-order valence-corrected chi connectivity index (χ2v) is 8.89. The number of carbonyl (C=O) groups excluding carboxylic acids is 1. The van der Waals surface area contributed by atoms with E-state index in [1.807, 2.05) is 0 Å². The lowest BCUT2D eigenvalue weighted by atomic mass is 10.1. The molecule has 0 bridgehead atoms. The molecule has 1 amide bonds. The van der Waals surface area contributed by atoms with Crippen molar-refractivity contribution in [3.63, 3.8) is 0 Å². The minimum atomic E-state index is -4.53. The van der Waals surface area contributed by atoms with Crippen molar-refractivity contribution in [3.05, 3.63) is 12.2 Å². The van der Waals surface area contributed by atoms with Crippen LogP contribution < -0.4 is 5.32 Å². The quantitative estimate of drug-likeness (QED) is 0.106. The van der Waals surface area contributed by atoms with Gasteiger partial charge >= 0.3 is 14.1 Å². The molecule has 0 aromatic carbocycles. The van der Waals surface area contributed by atoms with Crippen LogP contribution in [-0.2, 0) is 14.1 Å². The largest absolute Gasteiger partial charge is 0.567 e. The van der Waals surface area contributed by atoms with E-state index in [0.717, 1.165) is 32.1 Å². The summed E-state index contributed by atoms with van der Waals surface area (Å²) in [6, 6.07) is -1.44. The van der Waals surface area contributed by atoms with Gasteiger partial charge in [0.05, 0.1) is 0 Å². The van der Waals surface area contributed by atoms with Gasteiger partial charge in [-0.2, -0.15) is 19.2 Å². The van der Waals surface area contributed by atoms with Crippen LogP contribution in [0.5, 0.6) is 0 Å². The number of amides is 1. The third-order valence-corrected chi connectivity index (χ3v) is 5.21. The Balaban J connectivity index is 3.61. The van der Waals surface area contributed by atoms with Crippen molar-refractivity contribution in [3.8, 4) is 0 Å². The Morgan fingerprint density at radius 1 is 0.867 bits per heavy atom. The van der Waals surface area contributed by atoms with Gasteiger partial charge in [0.15, 0.2) is 6.04 Å². The average Bonchev–Trinajstić information content (AvgIpc) is 2.67. The molecule has 0 rings (SSSR count). The summed E-state index contributed by atoms with van der Waals surface area (Å²) in [5.41, 5.74) is 0. The SMILES string of the molecule is CCCCCCCC/C=C\CCCCCCCC(=O)N[C@@H](CO[P+](O)(O)O)C(=O)O. The molecule has 8 nitrogen and oxygen atoms in total. The van der Waals surface area contributed by atoms with Gasteiger partial charge in [0.25, 0.3) is 0 Å². The van der Waals surface area contributed by atoms with Gasteiger partial charge in [0.2, 0.25) is 5.91 Å². The molecule has 0 unspecified atom stereocenters. The van der Waals surface area contributed by atoms with Gasteiger partial charge in [0, 0.05) is 6.42 Å². The van der Waals surface area contributed by atoms with Gasteiger partial charge in [-0.25, -0.2) is 4.79 Å². The van der Waals surface area contributed by atoms with Crippen LogP contribution >= 0.6 is 8.17 Å². The van der Waals surface area contributed by atoms with Crippen molar-refractivity contribution in [1.29, 1.82) is 0 Å². The molecule has 0 aromatic rings. The molecule has 1 atom stereocenters. The van der Waals surface area contributed by atoms with Crippen molar-refractivity contribution in [2.24, 2.45) is 0 Å². The van der Waals surface area contributed by atoms with Gasteiger partial charge in [-0.15, -0.1) is 0 Å². The molecule has 0 fully saturated rings. The summed E-state index contributed by atoms with van der Waals surface area (Å²) in [5.74, 6) is -1.82. The highest BCUT2D eigenvalue weighted by Crippen LogP contribution is 2.45. The van der Waals surface area contributed by atoms with Gasteiger partial charge in [-0.05, 0) is 32.1 Å². The van der Waals surface area contributed by atoms with E-state index in [-0.39, 0.29) is 6.42 Å². The number of carboxylic acids is 1. The number of allylic oxidation sites excluding steroid dienone is 2. The highest BCUT2D eigenvalue weighted by atomic mass is 31.2. The molecule has 9 heteroatoms. The zero-order chi connectivity index (χ0) is 22.7. The monoisotopic (exact) mass is 450 g/mol. The summed E-state index contributed by atoms with van der Waals surface area (Å²) in [6.45, 7) is 1.51. The third-order valence-electron chi connectivity index (χ3n) is 4.71. The van der Waals surface area contributed by atoms with Crippen LogP contribution in [0.15, 0.2) is 12.2 Å². The van der Waals surface area contributed by atoms with Crippen molar-refractivity contribution in [2.45, 2.75) is 103 Å². The maximum Gasteiger partial charge on any atom is 0.567 e. The van der Waals surface area contributed by atoms with Gasteiger partial charge in [0.1, 0.15) is 6.61 Å². The summed E-state index contributed by atoms with van der Waals surface area (Å²) < 4.78 is 4.26. The van der Waals surface area contributed by atoms with Crippen LogP contribution in [0.25, 0.3) is 0 Å². The van der Waals surface area contributed by atoms with Crippen LogP contribution in [-0.4, -0.2) is 44.3 Å². The number of rotatable bonds is 20. The smallest absolute Gasteiger partial charge is 0.480 e. The van der Waals surface area contributed by atoms with Crippen LogP contribution in [0, 0.1) is 0 Å². The Kier molecular flexibility index (Phi) is 18.0. The van der Waals surface area contributed by atoms with Crippen molar-refractivity contribution in [1.82, 2.24) is 5.32 Å². The second-order valence-electron chi connectivity index (χ2n) is 7.60. The van der Waals surface area contributed by atoms with Crippen LogP contribution in [0.4, 0.5) is 0 Å². The molecule has 0 aliphatic rings. The Morgan fingerprint density at radius 2 is 1.37 bits per heavy atom. The van der Waals surface area contributed by atoms with E-state index in [9.17, 15) is 9.59 Å². The van der Waals surface area contributed by atoms with Gasteiger partial charge in [-0.1, -0.05) is 70.4 Å². The Hall–Kier alpha value is -1.05. The summed E-state index contributed by atoms with van der Waals surface area (Å²) in [6.07, 6.45) is 19.7. The number of carboxylic acid groups (broad SMARTS) is 1. The number of unbranched alkanes of at least 4 members (excludes halogenated alkanes) is 11. The molecule has 0 heterocycles. The van der Waals surface area contributed by atoms with E-state index in [0.29, 0.717) is 6.42 Å². The van der Waals surface area contributed by atoms with E-state index in [2.05, 4.69) is 28.9 Å². The van der Waals surface area contributed by atoms with Crippen LogP contribution in [0.3, 0.4) is 0 Å².